The Kier molecular flexibility index (Phi) is 8.02. The van der Waals surface area contributed by atoms with Crippen molar-refractivity contribution in [1.29, 1.82) is 0 Å². The second kappa shape index (κ2) is 10.1. The molecule has 38 heavy (non-hydrogen) atoms. The standard InChI is InChI=1S/C33H42O3S2/c1-30(2,3)23-15-19(16-24(37-23)31(4,5)6)13-21-27(34)22(29(36)28(21)35)14-20-17-25(32(7,8)9)38-26(18-20)33(10,11)12/h13-18H,1-12H3/p+1. The second-order valence-corrected chi connectivity index (χ2v) is 16.5. The maximum absolute atomic E-state index is 13.1. The zero-order valence-corrected chi connectivity index (χ0v) is 26.7. The van der Waals surface area contributed by atoms with E-state index in [2.05, 4.69) is 107 Å². The molecule has 0 saturated heterocycles. The van der Waals surface area contributed by atoms with Gasteiger partial charge < -0.3 is 5.11 Å². The summed E-state index contributed by atoms with van der Waals surface area (Å²) in [5.74, 6) is -1.58. The van der Waals surface area contributed by atoms with E-state index in [1.54, 1.807) is 35.3 Å². The van der Waals surface area contributed by atoms with Crippen molar-refractivity contribution < 1.29 is 14.7 Å². The first kappa shape index (κ1) is 30.3. The van der Waals surface area contributed by atoms with E-state index in [0.717, 1.165) is 11.1 Å². The van der Waals surface area contributed by atoms with E-state index in [1.807, 2.05) is 0 Å². The Morgan fingerprint density at radius 2 is 1.13 bits per heavy atom. The van der Waals surface area contributed by atoms with Crippen molar-refractivity contribution in [3.05, 3.63) is 78.0 Å². The van der Waals surface area contributed by atoms with Crippen molar-refractivity contribution in [2.45, 2.75) is 93.9 Å². The minimum atomic E-state index is -0.665. The smallest absolute Gasteiger partial charge is 0.237 e. The van der Waals surface area contributed by atoms with Crippen LogP contribution in [-0.2, 0) is 20.4 Å². The molecule has 1 aliphatic heterocycles. The van der Waals surface area contributed by atoms with Crippen LogP contribution in [0.15, 0.2) is 62.6 Å². The second-order valence-electron chi connectivity index (χ2n) is 14.4. The molecule has 5 heteroatoms. The van der Waals surface area contributed by atoms with E-state index in [-0.39, 0.29) is 38.6 Å². The minimum Gasteiger partial charge on any atom is -0.506 e. The van der Waals surface area contributed by atoms with Crippen molar-refractivity contribution >= 4 is 40.7 Å². The molecule has 3 rings (SSSR count). The van der Waals surface area contributed by atoms with E-state index >= 15 is 0 Å². The minimum absolute atomic E-state index is 0.0583. The molecular weight excluding hydrogens is 508 g/mol. The first-order chi connectivity index (χ1) is 17.1. The summed E-state index contributed by atoms with van der Waals surface area (Å²) in [6.07, 6.45) is 7.45. The van der Waals surface area contributed by atoms with Crippen molar-refractivity contribution in [3.8, 4) is 0 Å². The molecule has 0 radical (unpaired) electrons. The van der Waals surface area contributed by atoms with Crippen LogP contribution in [0.3, 0.4) is 0 Å². The Balaban J connectivity index is 2.18. The van der Waals surface area contributed by atoms with Crippen LogP contribution in [0.5, 0.6) is 0 Å². The van der Waals surface area contributed by atoms with Gasteiger partial charge in [0.25, 0.3) is 0 Å². The zero-order chi connectivity index (χ0) is 29.0. The lowest BCUT2D eigenvalue weighted by atomic mass is 9.91. The highest BCUT2D eigenvalue weighted by Crippen LogP contribution is 2.49. The summed E-state index contributed by atoms with van der Waals surface area (Å²) in [6.45, 7) is 25.9. The lowest BCUT2D eigenvalue weighted by Gasteiger charge is -2.32. The molecule has 3 nitrogen and oxygen atoms in total. The van der Waals surface area contributed by atoms with Crippen molar-refractivity contribution in [2.24, 2.45) is 10.8 Å². The topological polar surface area (TPSA) is 54.4 Å². The number of aliphatic hydroxyl groups excluding tert-OH is 1. The Morgan fingerprint density at radius 1 is 0.684 bits per heavy atom. The van der Waals surface area contributed by atoms with Gasteiger partial charge in [0.2, 0.25) is 32.7 Å². The summed E-state index contributed by atoms with van der Waals surface area (Å²) in [4.78, 5) is 30.9. The van der Waals surface area contributed by atoms with Gasteiger partial charge in [-0.25, -0.2) is 0 Å². The average Bonchev–Trinajstić information content (AvgIpc) is 2.94. The van der Waals surface area contributed by atoms with Gasteiger partial charge in [-0.15, -0.1) is 0 Å². The van der Waals surface area contributed by atoms with Gasteiger partial charge in [-0.3, -0.25) is 9.59 Å². The molecule has 1 N–H and O–H groups in total. The molecule has 204 valence electrons. The maximum Gasteiger partial charge on any atom is 0.237 e. The lowest BCUT2D eigenvalue weighted by molar-refractivity contribution is -0.131. The molecule has 1 aromatic heterocycles. The van der Waals surface area contributed by atoms with E-state index in [4.69, 9.17) is 0 Å². The molecule has 0 spiro atoms. The number of allylic oxidation sites excluding steroid dienone is 8. The lowest BCUT2D eigenvalue weighted by Crippen LogP contribution is -2.15. The Hall–Kier alpha value is -2.24. The number of rotatable bonds is 2. The predicted octanol–water partition coefficient (Wildman–Crippen LogP) is 9.50. The molecule has 0 atom stereocenters. The fourth-order valence-electron chi connectivity index (χ4n) is 3.89. The van der Waals surface area contributed by atoms with Gasteiger partial charge >= 0.3 is 0 Å². The summed E-state index contributed by atoms with van der Waals surface area (Å²) >= 11 is 3.52. The molecule has 0 saturated carbocycles. The number of aliphatic hydroxyl groups is 1. The third-order valence-electron chi connectivity index (χ3n) is 6.42. The molecule has 0 aromatic carbocycles. The van der Waals surface area contributed by atoms with Gasteiger partial charge in [-0.2, -0.15) is 0 Å². The molecule has 1 aromatic rings. The number of hydrogen-bond donors (Lipinski definition) is 1. The van der Waals surface area contributed by atoms with E-state index < -0.39 is 11.6 Å². The van der Waals surface area contributed by atoms with E-state index in [0.29, 0.717) is 0 Å². The van der Waals surface area contributed by atoms with Crippen LogP contribution in [0.2, 0.25) is 0 Å². The Labute approximate surface area is 237 Å². The van der Waals surface area contributed by atoms with Gasteiger partial charge in [-0.05, 0) is 56.1 Å². The van der Waals surface area contributed by atoms with Gasteiger partial charge in [0.15, 0.2) is 0 Å². The number of ketones is 2. The number of hydrogen-bond acceptors (Lipinski definition) is 4. The molecule has 1 aliphatic carbocycles. The third-order valence-corrected chi connectivity index (χ3v) is 10.2. The summed E-state index contributed by atoms with van der Waals surface area (Å²) in [5, 5.41) is 11.2. The van der Waals surface area contributed by atoms with Gasteiger partial charge in [0.05, 0.1) is 11.1 Å². The quantitative estimate of drug-likeness (QED) is 0.226. The monoisotopic (exact) mass is 551 g/mol. The summed E-state index contributed by atoms with van der Waals surface area (Å²) in [5.41, 5.74) is 1.45. The highest BCUT2D eigenvalue weighted by atomic mass is 32.2. The molecule has 0 unspecified atom stereocenters. The van der Waals surface area contributed by atoms with Crippen LogP contribution in [0.4, 0.5) is 0 Å². The normalized spacial score (nSPS) is 18.8. The number of carbonyl (C=O) groups excluding carboxylic acids is 2. The van der Waals surface area contributed by atoms with Crippen LogP contribution < -0.4 is 0 Å². The van der Waals surface area contributed by atoms with E-state index in [1.165, 1.54) is 19.6 Å². The third kappa shape index (κ3) is 6.66. The van der Waals surface area contributed by atoms with Crippen LogP contribution in [0.1, 0.15) is 98.4 Å². The van der Waals surface area contributed by atoms with Crippen LogP contribution >= 0.6 is 23.1 Å². The maximum atomic E-state index is 13.1. The molecule has 0 bridgehead atoms. The summed E-state index contributed by atoms with van der Waals surface area (Å²) in [6, 6.07) is 4.12. The van der Waals surface area contributed by atoms with Crippen LogP contribution in [-0.4, -0.2) is 16.7 Å². The van der Waals surface area contributed by atoms with Crippen LogP contribution in [0, 0.1) is 10.8 Å². The SMILES string of the molecule is CC(C)(C)C1=CC(=CC2=C(O)/C(=C\c3cc(C(C)(C)C)[s+]c(C(C)(C)C)c3)C(=O)C2=O)C=C(C(C)(C)C)S1. The highest BCUT2D eigenvalue weighted by molar-refractivity contribution is 8.06. The van der Waals surface area contributed by atoms with Crippen molar-refractivity contribution in [1.82, 2.24) is 0 Å². The molecule has 2 aliphatic rings. The molecular formula is C33H43O3S2+. The fourth-order valence-corrected chi connectivity index (χ4v) is 6.37. The number of thioether (sulfide) groups is 1. The molecule has 2 heterocycles. The van der Waals surface area contributed by atoms with Crippen molar-refractivity contribution in [3.63, 3.8) is 0 Å². The molecule has 0 fully saturated rings. The molecule has 0 amide bonds. The first-order valence-corrected chi connectivity index (χ1v) is 14.8. The van der Waals surface area contributed by atoms with Gasteiger partial charge in [0, 0.05) is 23.0 Å². The fraction of sp³-hybridized carbons (Fsp3) is 0.485. The number of Topliss-reactive ketones (excluding diaryl/α,β-unsaturated/α-hetero) is 2. The Morgan fingerprint density at radius 3 is 1.53 bits per heavy atom. The van der Waals surface area contributed by atoms with Gasteiger partial charge in [-0.1, -0.05) is 94.8 Å². The largest absolute Gasteiger partial charge is 0.506 e. The first-order valence-electron chi connectivity index (χ1n) is 13.2. The number of carbonyl (C=O) groups is 2. The van der Waals surface area contributed by atoms with Crippen molar-refractivity contribution in [2.75, 3.05) is 0 Å². The average molecular weight is 552 g/mol. The highest BCUT2D eigenvalue weighted by Gasteiger charge is 2.37. The van der Waals surface area contributed by atoms with E-state index in [9.17, 15) is 14.7 Å². The predicted molar refractivity (Wildman–Crippen MR) is 165 cm³/mol. The Bertz CT molecular complexity index is 1270. The van der Waals surface area contributed by atoms with Gasteiger partial charge in [0.1, 0.15) is 5.76 Å². The van der Waals surface area contributed by atoms with Crippen LogP contribution in [0.25, 0.3) is 6.08 Å². The summed E-state index contributed by atoms with van der Waals surface area (Å²) in [7, 11) is 0. The zero-order valence-electron chi connectivity index (χ0n) is 25.0. The summed E-state index contributed by atoms with van der Waals surface area (Å²) < 4.78 is 0.